The summed E-state index contributed by atoms with van der Waals surface area (Å²) in [6.07, 6.45) is 4.41. The Kier molecular flexibility index (Phi) is 4.00. The number of hydrogen-bond donors (Lipinski definition) is 1. The van der Waals surface area contributed by atoms with Gasteiger partial charge in [0.05, 0.1) is 6.10 Å². The number of aliphatic hydroxyl groups excluding tert-OH is 1. The maximum atomic E-state index is 13.1. The molecule has 0 saturated heterocycles. The molecule has 1 aliphatic carbocycles. The Morgan fingerprint density at radius 3 is 2.76 bits per heavy atom. The summed E-state index contributed by atoms with van der Waals surface area (Å²) in [5, 5.41) is 9.94. The summed E-state index contributed by atoms with van der Waals surface area (Å²) in [6.45, 7) is 1.71. The van der Waals surface area contributed by atoms with Gasteiger partial charge in [0.2, 0.25) is 0 Å². The molecule has 1 saturated carbocycles. The van der Waals surface area contributed by atoms with Gasteiger partial charge in [-0.1, -0.05) is 12.8 Å². The highest BCUT2D eigenvalue weighted by molar-refractivity contribution is 5.29. The molecule has 1 aliphatic rings. The van der Waals surface area contributed by atoms with Crippen LogP contribution in [0.25, 0.3) is 0 Å². The molecule has 1 N–H and O–H groups in total. The van der Waals surface area contributed by atoms with E-state index >= 15 is 0 Å². The summed E-state index contributed by atoms with van der Waals surface area (Å²) in [5.41, 5.74) is 0.575. The highest BCUT2D eigenvalue weighted by Gasteiger charge is 2.23. The summed E-state index contributed by atoms with van der Waals surface area (Å²) in [7, 11) is 0. The lowest BCUT2D eigenvalue weighted by atomic mass is 10.1. The third-order valence-electron chi connectivity index (χ3n) is 3.33. The van der Waals surface area contributed by atoms with Crippen molar-refractivity contribution in [3.05, 3.63) is 29.6 Å². The molecular weight excluding hydrogens is 219 g/mol. The zero-order valence-corrected chi connectivity index (χ0v) is 10.2. The van der Waals surface area contributed by atoms with Gasteiger partial charge >= 0.3 is 0 Å². The van der Waals surface area contributed by atoms with Crippen molar-refractivity contribution in [2.75, 3.05) is 0 Å². The lowest BCUT2D eigenvalue weighted by Gasteiger charge is -2.22. The third-order valence-corrected chi connectivity index (χ3v) is 3.33. The second kappa shape index (κ2) is 5.50. The van der Waals surface area contributed by atoms with E-state index in [4.69, 9.17) is 4.74 Å². The second-order valence-corrected chi connectivity index (χ2v) is 4.77. The molecule has 3 heteroatoms. The van der Waals surface area contributed by atoms with Gasteiger partial charge < -0.3 is 9.84 Å². The molecule has 0 aromatic heterocycles. The van der Waals surface area contributed by atoms with Crippen LogP contribution in [0.5, 0.6) is 5.75 Å². The van der Waals surface area contributed by atoms with Gasteiger partial charge in [-0.25, -0.2) is 4.39 Å². The number of hydrogen-bond acceptors (Lipinski definition) is 2. The summed E-state index contributed by atoms with van der Waals surface area (Å²) in [5.74, 6) is 0.425. The van der Waals surface area contributed by atoms with Crippen LogP contribution in [0, 0.1) is 12.7 Å². The van der Waals surface area contributed by atoms with Crippen LogP contribution in [-0.4, -0.2) is 17.3 Å². The molecule has 0 radical (unpaired) electrons. The number of ether oxygens (including phenoxy) is 1. The molecule has 0 amide bonds. The van der Waals surface area contributed by atoms with Crippen molar-refractivity contribution in [3.63, 3.8) is 0 Å². The molecule has 17 heavy (non-hydrogen) atoms. The first-order valence-electron chi connectivity index (χ1n) is 6.27. The Morgan fingerprint density at radius 2 is 2.00 bits per heavy atom. The van der Waals surface area contributed by atoms with E-state index in [-0.39, 0.29) is 11.9 Å². The van der Waals surface area contributed by atoms with Crippen molar-refractivity contribution in [1.82, 2.24) is 0 Å². The van der Waals surface area contributed by atoms with Crippen LogP contribution in [0.4, 0.5) is 4.39 Å². The Morgan fingerprint density at radius 1 is 1.24 bits per heavy atom. The van der Waals surface area contributed by atoms with Gasteiger partial charge in [-0.2, -0.15) is 0 Å². The quantitative estimate of drug-likeness (QED) is 0.802. The predicted octanol–water partition coefficient (Wildman–Crippen LogP) is 3.21. The Hall–Kier alpha value is -1.09. The zero-order valence-electron chi connectivity index (χ0n) is 10.2. The number of aliphatic hydroxyl groups is 1. The van der Waals surface area contributed by atoms with Crippen LogP contribution < -0.4 is 4.74 Å². The lowest BCUT2D eigenvalue weighted by molar-refractivity contribution is 0.0319. The largest absolute Gasteiger partial charge is 0.488 e. The summed E-state index contributed by atoms with van der Waals surface area (Å²) in [6, 6.07) is 4.72. The van der Waals surface area contributed by atoms with Crippen molar-refractivity contribution in [3.8, 4) is 5.75 Å². The monoisotopic (exact) mass is 238 g/mol. The van der Waals surface area contributed by atoms with Crippen molar-refractivity contribution in [1.29, 1.82) is 0 Å². The first kappa shape index (κ1) is 12.4. The van der Waals surface area contributed by atoms with E-state index in [1.165, 1.54) is 6.07 Å². The minimum absolute atomic E-state index is 0.151. The van der Waals surface area contributed by atoms with E-state index in [1.807, 2.05) is 0 Å². The first-order chi connectivity index (χ1) is 8.16. The van der Waals surface area contributed by atoms with Gasteiger partial charge in [0.1, 0.15) is 17.7 Å². The minimum atomic E-state index is -0.400. The van der Waals surface area contributed by atoms with Crippen molar-refractivity contribution in [2.45, 2.75) is 51.2 Å². The van der Waals surface area contributed by atoms with Crippen LogP contribution in [0.2, 0.25) is 0 Å². The highest BCUT2D eigenvalue weighted by atomic mass is 19.1. The maximum absolute atomic E-state index is 13.1. The van der Waals surface area contributed by atoms with E-state index in [0.29, 0.717) is 11.3 Å². The molecule has 0 spiro atoms. The predicted molar refractivity (Wildman–Crippen MR) is 64.6 cm³/mol. The molecule has 0 aliphatic heterocycles. The number of benzene rings is 1. The maximum Gasteiger partial charge on any atom is 0.126 e. The minimum Gasteiger partial charge on any atom is -0.488 e. The summed E-state index contributed by atoms with van der Waals surface area (Å²) < 4.78 is 18.9. The van der Waals surface area contributed by atoms with E-state index < -0.39 is 6.10 Å². The molecule has 1 aromatic rings. The Labute approximate surface area is 101 Å². The number of rotatable bonds is 2. The highest BCUT2D eigenvalue weighted by Crippen LogP contribution is 2.24. The summed E-state index contributed by atoms with van der Waals surface area (Å²) >= 11 is 0. The SMILES string of the molecule is Cc1cc(OC2CCCCCC2O)ccc1F. The number of halogens is 1. The van der Waals surface area contributed by atoms with Gasteiger partial charge in [-0.3, -0.25) is 0 Å². The fraction of sp³-hybridized carbons (Fsp3) is 0.571. The third kappa shape index (κ3) is 3.19. The van der Waals surface area contributed by atoms with Gasteiger partial charge in [-0.15, -0.1) is 0 Å². The van der Waals surface area contributed by atoms with Crippen LogP contribution in [0.3, 0.4) is 0 Å². The van der Waals surface area contributed by atoms with E-state index in [0.717, 1.165) is 32.1 Å². The molecule has 1 fully saturated rings. The van der Waals surface area contributed by atoms with Crippen LogP contribution >= 0.6 is 0 Å². The average Bonchev–Trinajstić information content (AvgIpc) is 2.50. The Bertz CT molecular complexity index is 378. The standard InChI is InChI=1S/C14H19FO2/c1-10-9-11(7-8-12(10)15)17-14-6-4-2-3-5-13(14)16/h7-9,13-14,16H,2-6H2,1H3. The molecule has 0 heterocycles. The molecule has 0 bridgehead atoms. The van der Waals surface area contributed by atoms with Crippen LogP contribution in [-0.2, 0) is 0 Å². The van der Waals surface area contributed by atoms with Gasteiger partial charge in [-0.05, 0) is 49.9 Å². The molecule has 2 nitrogen and oxygen atoms in total. The average molecular weight is 238 g/mol. The normalized spacial score (nSPS) is 25.4. The lowest BCUT2D eigenvalue weighted by Crippen LogP contribution is -2.30. The van der Waals surface area contributed by atoms with E-state index in [1.54, 1.807) is 19.1 Å². The topological polar surface area (TPSA) is 29.5 Å². The van der Waals surface area contributed by atoms with E-state index in [2.05, 4.69) is 0 Å². The van der Waals surface area contributed by atoms with Gasteiger partial charge in [0.15, 0.2) is 0 Å². The molecule has 2 rings (SSSR count). The van der Waals surface area contributed by atoms with Crippen molar-refractivity contribution < 1.29 is 14.2 Å². The molecular formula is C14H19FO2. The fourth-order valence-corrected chi connectivity index (χ4v) is 2.26. The van der Waals surface area contributed by atoms with Crippen molar-refractivity contribution in [2.24, 2.45) is 0 Å². The van der Waals surface area contributed by atoms with Crippen LogP contribution in [0.15, 0.2) is 18.2 Å². The number of aryl methyl sites for hydroxylation is 1. The van der Waals surface area contributed by atoms with Crippen molar-refractivity contribution >= 4 is 0 Å². The zero-order chi connectivity index (χ0) is 12.3. The van der Waals surface area contributed by atoms with E-state index in [9.17, 15) is 9.50 Å². The summed E-state index contributed by atoms with van der Waals surface area (Å²) in [4.78, 5) is 0. The molecule has 2 atom stereocenters. The van der Waals surface area contributed by atoms with Gasteiger partial charge in [0.25, 0.3) is 0 Å². The molecule has 94 valence electrons. The molecule has 1 aromatic carbocycles. The first-order valence-corrected chi connectivity index (χ1v) is 6.27. The van der Waals surface area contributed by atoms with Gasteiger partial charge in [0, 0.05) is 0 Å². The Balaban J connectivity index is 2.05. The molecule has 2 unspecified atom stereocenters. The smallest absolute Gasteiger partial charge is 0.126 e. The van der Waals surface area contributed by atoms with Crippen LogP contribution in [0.1, 0.15) is 37.7 Å². The fourth-order valence-electron chi connectivity index (χ4n) is 2.26. The second-order valence-electron chi connectivity index (χ2n) is 4.77.